The topological polar surface area (TPSA) is 86.7 Å². The molecule has 1 aromatic heterocycles. The molecule has 2 heterocycles. The number of rotatable bonds is 8. The molecule has 0 bridgehead atoms. The van der Waals surface area contributed by atoms with Crippen LogP contribution >= 0.6 is 23.1 Å². The van der Waals surface area contributed by atoms with Gasteiger partial charge in [0.2, 0.25) is 5.91 Å². The highest BCUT2D eigenvalue weighted by Crippen LogP contribution is 2.32. The van der Waals surface area contributed by atoms with Crippen LogP contribution in [0.15, 0.2) is 52.7 Å². The van der Waals surface area contributed by atoms with Crippen molar-refractivity contribution in [2.45, 2.75) is 18.9 Å². The molecule has 1 aliphatic rings. The van der Waals surface area contributed by atoms with Crippen molar-refractivity contribution in [1.82, 2.24) is 10.2 Å². The van der Waals surface area contributed by atoms with Crippen LogP contribution in [-0.2, 0) is 16.0 Å². The predicted molar refractivity (Wildman–Crippen MR) is 111 cm³/mol. The number of thioether (sulfide) groups is 1. The predicted octanol–water partition coefficient (Wildman–Crippen LogP) is 2.89. The molecule has 0 saturated carbocycles. The average Bonchev–Trinajstić information content (AvgIpc) is 3.29. The highest BCUT2D eigenvalue weighted by molar-refractivity contribution is 8.18. The summed E-state index contributed by atoms with van der Waals surface area (Å²) in [6.07, 6.45) is 2.20. The second kappa shape index (κ2) is 9.68. The maximum absolute atomic E-state index is 12.4. The van der Waals surface area contributed by atoms with E-state index in [9.17, 15) is 19.5 Å². The van der Waals surface area contributed by atoms with Crippen molar-refractivity contribution in [1.29, 1.82) is 0 Å². The lowest BCUT2D eigenvalue weighted by Gasteiger charge is -2.18. The standard InChI is InChI=1S/C20H20N2O4S2/c23-13-15(11-14-5-2-1-3-6-14)21-18(24)8-9-22-19(25)17(28-20(22)26)12-16-7-4-10-27-16/h1-7,10,12,15,23H,8-9,11,13H2,(H,21,24)/b17-12+/t15-/m1/s1. The van der Waals surface area contributed by atoms with Gasteiger partial charge in [-0.2, -0.15) is 0 Å². The molecule has 2 N–H and O–H groups in total. The molecule has 1 saturated heterocycles. The number of amides is 3. The fraction of sp³-hybridized carbons (Fsp3) is 0.250. The number of carbonyl (C=O) groups is 3. The summed E-state index contributed by atoms with van der Waals surface area (Å²) in [6, 6.07) is 12.9. The molecule has 8 heteroatoms. The van der Waals surface area contributed by atoms with Crippen LogP contribution in [0.2, 0.25) is 0 Å². The molecule has 2 aromatic rings. The van der Waals surface area contributed by atoms with E-state index in [0.717, 1.165) is 27.1 Å². The van der Waals surface area contributed by atoms with Gasteiger partial charge in [0.1, 0.15) is 0 Å². The molecule has 0 spiro atoms. The van der Waals surface area contributed by atoms with Crippen molar-refractivity contribution < 1.29 is 19.5 Å². The van der Waals surface area contributed by atoms with E-state index in [1.54, 1.807) is 6.08 Å². The number of aliphatic hydroxyl groups is 1. The Kier molecular flexibility index (Phi) is 7.02. The van der Waals surface area contributed by atoms with Crippen molar-refractivity contribution in [3.05, 3.63) is 63.2 Å². The summed E-state index contributed by atoms with van der Waals surface area (Å²) in [4.78, 5) is 39.1. The molecular formula is C20H20N2O4S2. The minimum Gasteiger partial charge on any atom is -0.394 e. The molecule has 3 amide bonds. The molecule has 1 atom stereocenters. The van der Waals surface area contributed by atoms with Crippen molar-refractivity contribution in [2.75, 3.05) is 13.2 Å². The molecule has 146 valence electrons. The number of aliphatic hydroxyl groups excluding tert-OH is 1. The first kappa shape index (κ1) is 20.3. The second-order valence-corrected chi connectivity index (χ2v) is 8.21. The fourth-order valence-corrected chi connectivity index (χ4v) is 4.36. The quantitative estimate of drug-likeness (QED) is 0.646. The van der Waals surface area contributed by atoms with Crippen LogP contribution < -0.4 is 5.32 Å². The zero-order valence-corrected chi connectivity index (χ0v) is 16.7. The lowest BCUT2D eigenvalue weighted by atomic mass is 10.1. The minimum atomic E-state index is -0.413. The van der Waals surface area contributed by atoms with E-state index in [-0.39, 0.29) is 36.6 Å². The number of hydrogen-bond acceptors (Lipinski definition) is 6. The zero-order chi connectivity index (χ0) is 19.9. The lowest BCUT2D eigenvalue weighted by Crippen LogP contribution is -2.41. The molecule has 28 heavy (non-hydrogen) atoms. The van der Waals surface area contributed by atoms with Gasteiger partial charge in [0.15, 0.2) is 0 Å². The Bertz CT molecular complexity index is 866. The minimum absolute atomic E-state index is 0.00435. The molecule has 0 unspecified atom stereocenters. The monoisotopic (exact) mass is 416 g/mol. The number of thiophene rings is 1. The highest BCUT2D eigenvalue weighted by Gasteiger charge is 2.35. The Morgan fingerprint density at radius 1 is 1.18 bits per heavy atom. The van der Waals surface area contributed by atoms with Crippen LogP contribution in [0.5, 0.6) is 0 Å². The van der Waals surface area contributed by atoms with Crippen molar-refractivity contribution in [3.63, 3.8) is 0 Å². The first-order valence-corrected chi connectivity index (χ1v) is 10.5. The summed E-state index contributed by atoms with van der Waals surface area (Å²) >= 11 is 2.37. The van der Waals surface area contributed by atoms with Gasteiger partial charge in [-0.05, 0) is 41.3 Å². The van der Waals surface area contributed by atoms with E-state index >= 15 is 0 Å². The number of carbonyl (C=O) groups excluding carboxylic acids is 3. The molecule has 1 aromatic carbocycles. The van der Waals surface area contributed by atoms with E-state index in [1.165, 1.54) is 11.3 Å². The van der Waals surface area contributed by atoms with Crippen molar-refractivity contribution in [3.8, 4) is 0 Å². The first-order valence-electron chi connectivity index (χ1n) is 8.80. The largest absolute Gasteiger partial charge is 0.394 e. The smallest absolute Gasteiger partial charge is 0.293 e. The molecule has 6 nitrogen and oxygen atoms in total. The van der Waals surface area contributed by atoms with Gasteiger partial charge >= 0.3 is 0 Å². The lowest BCUT2D eigenvalue weighted by molar-refractivity contribution is -0.124. The Balaban J connectivity index is 1.52. The van der Waals surface area contributed by atoms with Crippen LogP contribution in [0.4, 0.5) is 4.79 Å². The third-order valence-corrected chi connectivity index (χ3v) is 5.89. The molecule has 0 radical (unpaired) electrons. The Hall–Kier alpha value is -2.42. The summed E-state index contributed by atoms with van der Waals surface area (Å²) in [6.45, 7) is -0.173. The summed E-state index contributed by atoms with van der Waals surface area (Å²) in [5.41, 5.74) is 1.01. The van der Waals surface area contributed by atoms with Gasteiger partial charge < -0.3 is 10.4 Å². The normalized spacial score (nSPS) is 16.6. The fourth-order valence-electron chi connectivity index (χ4n) is 2.77. The molecule has 3 rings (SSSR count). The highest BCUT2D eigenvalue weighted by atomic mass is 32.2. The molecular weight excluding hydrogens is 396 g/mol. The van der Waals surface area contributed by atoms with Crippen molar-refractivity contribution >= 4 is 46.2 Å². The van der Waals surface area contributed by atoms with Gasteiger partial charge in [-0.1, -0.05) is 36.4 Å². The third-order valence-electron chi connectivity index (χ3n) is 4.16. The molecule has 1 aliphatic heterocycles. The average molecular weight is 417 g/mol. The van der Waals surface area contributed by atoms with Crippen LogP contribution in [0.3, 0.4) is 0 Å². The van der Waals surface area contributed by atoms with Crippen molar-refractivity contribution in [2.24, 2.45) is 0 Å². The molecule has 0 aliphatic carbocycles. The second-order valence-electron chi connectivity index (χ2n) is 6.24. The number of nitrogens with one attached hydrogen (secondary N) is 1. The van der Waals surface area contributed by atoms with Crippen LogP contribution in [0, 0.1) is 0 Å². The maximum Gasteiger partial charge on any atom is 0.293 e. The summed E-state index contributed by atoms with van der Waals surface area (Å²) < 4.78 is 0. The molecule has 1 fully saturated rings. The Morgan fingerprint density at radius 3 is 2.64 bits per heavy atom. The van der Waals surface area contributed by atoms with Gasteiger partial charge in [0.05, 0.1) is 17.6 Å². The van der Waals surface area contributed by atoms with Gasteiger partial charge in [0, 0.05) is 17.8 Å². The van der Waals surface area contributed by atoms with E-state index in [0.29, 0.717) is 11.3 Å². The number of hydrogen-bond donors (Lipinski definition) is 2. The summed E-state index contributed by atoms with van der Waals surface area (Å²) in [5.74, 6) is -0.685. The first-order chi connectivity index (χ1) is 13.6. The number of nitrogens with zero attached hydrogens (tertiary/aromatic N) is 1. The van der Waals surface area contributed by atoms with Gasteiger partial charge in [-0.15, -0.1) is 11.3 Å². The third kappa shape index (κ3) is 5.31. The van der Waals surface area contributed by atoms with Gasteiger partial charge in [-0.3, -0.25) is 19.3 Å². The number of imide groups is 1. The number of benzene rings is 1. The maximum atomic E-state index is 12.4. The van der Waals surface area contributed by atoms with E-state index in [1.807, 2.05) is 47.8 Å². The summed E-state index contributed by atoms with van der Waals surface area (Å²) in [5, 5.41) is 13.8. The zero-order valence-electron chi connectivity index (χ0n) is 15.0. The van der Waals surface area contributed by atoms with Crippen LogP contribution in [-0.4, -0.2) is 46.3 Å². The van der Waals surface area contributed by atoms with Crippen LogP contribution in [0.25, 0.3) is 6.08 Å². The van der Waals surface area contributed by atoms with Crippen LogP contribution in [0.1, 0.15) is 16.9 Å². The Labute approximate surface area is 171 Å². The van der Waals surface area contributed by atoms with E-state index < -0.39 is 6.04 Å². The SMILES string of the molecule is O=C(CCN1C(=O)S/C(=C/c2cccs2)C1=O)N[C@@H](CO)Cc1ccccc1. The summed E-state index contributed by atoms with van der Waals surface area (Å²) in [7, 11) is 0. The van der Waals surface area contributed by atoms with Gasteiger partial charge in [0.25, 0.3) is 11.1 Å². The van der Waals surface area contributed by atoms with Gasteiger partial charge in [-0.25, -0.2) is 0 Å². The van der Waals surface area contributed by atoms with E-state index in [2.05, 4.69) is 5.32 Å². The van der Waals surface area contributed by atoms with E-state index in [4.69, 9.17) is 0 Å². The Morgan fingerprint density at radius 2 is 1.96 bits per heavy atom.